The van der Waals surface area contributed by atoms with Crippen molar-refractivity contribution >= 4 is 40.6 Å². The third-order valence-electron chi connectivity index (χ3n) is 4.35. The van der Waals surface area contributed by atoms with E-state index in [-0.39, 0.29) is 17.1 Å². The zero-order chi connectivity index (χ0) is 18.3. The van der Waals surface area contributed by atoms with Crippen molar-refractivity contribution < 1.29 is 14.0 Å². The van der Waals surface area contributed by atoms with Crippen LogP contribution < -0.4 is 0 Å². The maximum Gasteiger partial charge on any atom is 0.293 e. The standard InChI is InChI=1S/C18H16ClFN2O2S/c1-10-7-12(11(2)21(10)3)8-16-17(23)22(18(24)25-16)9-13-14(19)5-4-6-15(13)20/h4-8H,9H2,1-3H3/b16-8-. The quantitative estimate of drug-likeness (QED) is 0.729. The van der Waals surface area contributed by atoms with Gasteiger partial charge in [-0.15, -0.1) is 0 Å². The van der Waals surface area contributed by atoms with Crippen LogP contribution >= 0.6 is 23.4 Å². The van der Waals surface area contributed by atoms with Gasteiger partial charge in [-0.05, 0) is 55.4 Å². The highest BCUT2D eigenvalue weighted by Gasteiger charge is 2.36. The normalized spacial score (nSPS) is 16.4. The fourth-order valence-corrected chi connectivity index (χ4v) is 3.70. The van der Waals surface area contributed by atoms with Gasteiger partial charge in [-0.1, -0.05) is 17.7 Å². The van der Waals surface area contributed by atoms with Gasteiger partial charge in [-0.2, -0.15) is 0 Å². The van der Waals surface area contributed by atoms with Crippen molar-refractivity contribution in [2.24, 2.45) is 7.05 Å². The fraction of sp³-hybridized carbons (Fsp3) is 0.222. The molecule has 4 nitrogen and oxygen atoms in total. The maximum absolute atomic E-state index is 13.9. The molecule has 0 saturated carbocycles. The Hall–Kier alpha value is -2.05. The van der Waals surface area contributed by atoms with Gasteiger partial charge in [0.25, 0.3) is 11.1 Å². The minimum Gasteiger partial charge on any atom is -0.352 e. The second kappa shape index (κ2) is 6.69. The van der Waals surface area contributed by atoms with Crippen LogP contribution in [0.1, 0.15) is 22.5 Å². The zero-order valence-corrected chi connectivity index (χ0v) is 15.5. The first-order valence-electron chi connectivity index (χ1n) is 7.60. The summed E-state index contributed by atoms with van der Waals surface area (Å²) in [4.78, 5) is 26.2. The molecule has 2 aromatic rings. The minimum absolute atomic E-state index is 0.138. The first kappa shape index (κ1) is 17.8. The molecule has 1 fully saturated rings. The number of thioether (sulfide) groups is 1. The van der Waals surface area contributed by atoms with Gasteiger partial charge in [0.05, 0.1) is 11.4 Å². The number of aryl methyl sites for hydroxylation is 1. The molecule has 1 aliphatic heterocycles. The maximum atomic E-state index is 13.9. The SMILES string of the molecule is Cc1cc(/C=C2\SC(=O)N(Cc3c(F)cccc3Cl)C2=O)c(C)n1C. The summed E-state index contributed by atoms with van der Waals surface area (Å²) >= 11 is 6.85. The Morgan fingerprint density at radius 3 is 2.60 bits per heavy atom. The molecule has 2 heterocycles. The molecule has 1 aromatic carbocycles. The van der Waals surface area contributed by atoms with Crippen molar-refractivity contribution in [2.75, 3.05) is 0 Å². The Morgan fingerprint density at radius 2 is 2.00 bits per heavy atom. The summed E-state index contributed by atoms with van der Waals surface area (Å²) in [6.07, 6.45) is 1.70. The first-order valence-corrected chi connectivity index (χ1v) is 8.80. The van der Waals surface area contributed by atoms with Gasteiger partial charge in [-0.3, -0.25) is 14.5 Å². The van der Waals surface area contributed by atoms with E-state index in [2.05, 4.69) is 0 Å². The summed E-state index contributed by atoms with van der Waals surface area (Å²) in [6.45, 7) is 3.73. The lowest BCUT2D eigenvalue weighted by Gasteiger charge is -2.14. The van der Waals surface area contributed by atoms with Gasteiger partial charge in [0.15, 0.2) is 0 Å². The van der Waals surface area contributed by atoms with Gasteiger partial charge in [-0.25, -0.2) is 4.39 Å². The number of benzene rings is 1. The molecule has 25 heavy (non-hydrogen) atoms. The molecule has 1 saturated heterocycles. The van der Waals surface area contributed by atoms with Crippen LogP contribution in [0.2, 0.25) is 5.02 Å². The molecule has 130 valence electrons. The number of carbonyl (C=O) groups excluding carboxylic acids is 2. The minimum atomic E-state index is -0.537. The number of carbonyl (C=O) groups is 2. The van der Waals surface area contributed by atoms with Crippen LogP contribution in [0.5, 0.6) is 0 Å². The number of amides is 2. The lowest BCUT2D eigenvalue weighted by Crippen LogP contribution is -2.28. The Kier molecular flexibility index (Phi) is 4.75. The van der Waals surface area contributed by atoms with Crippen LogP contribution in [-0.2, 0) is 18.4 Å². The van der Waals surface area contributed by atoms with Crippen molar-refractivity contribution in [1.82, 2.24) is 9.47 Å². The summed E-state index contributed by atoms with van der Waals surface area (Å²) in [6, 6.07) is 6.23. The van der Waals surface area contributed by atoms with Crippen molar-refractivity contribution in [1.29, 1.82) is 0 Å². The van der Waals surface area contributed by atoms with Crippen molar-refractivity contribution in [3.63, 3.8) is 0 Å². The molecule has 0 aliphatic carbocycles. The molecular formula is C18H16ClFN2O2S. The summed E-state index contributed by atoms with van der Waals surface area (Å²) in [5.74, 6) is -0.972. The molecule has 0 radical (unpaired) electrons. The van der Waals surface area contributed by atoms with Crippen molar-refractivity contribution in [3.8, 4) is 0 Å². The highest BCUT2D eigenvalue weighted by molar-refractivity contribution is 8.18. The van der Waals surface area contributed by atoms with Crippen LogP contribution in [0, 0.1) is 19.7 Å². The van der Waals surface area contributed by atoms with Crippen LogP contribution in [0.4, 0.5) is 9.18 Å². The van der Waals surface area contributed by atoms with E-state index in [0.717, 1.165) is 33.6 Å². The smallest absolute Gasteiger partial charge is 0.293 e. The van der Waals surface area contributed by atoms with Crippen LogP contribution in [0.3, 0.4) is 0 Å². The van der Waals surface area contributed by atoms with E-state index in [1.807, 2.05) is 31.5 Å². The average molecular weight is 379 g/mol. The van der Waals surface area contributed by atoms with Crippen molar-refractivity contribution in [2.45, 2.75) is 20.4 Å². The van der Waals surface area contributed by atoms with Gasteiger partial charge in [0, 0.05) is 29.0 Å². The van der Waals surface area contributed by atoms with E-state index in [9.17, 15) is 14.0 Å². The second-order valence-electron chi connectivity index (χ2n) is 5.85. The first-order chi connectivity index (χ1) is 11.8. The Labute approximate surface area is 154 Å². The van der Waals surface area contributed by atoms with Gasteiger partial charge >= 0.3 is 0 Å². The van der Waals surface area contributed by atoms with E-state index in [4.69, 9.17) is 11.6 Å². The van der Waals surface area contributed by atoms with Crippen LogP contribution in [-0.4, -0.2) is 20.6 Å². The molecule has 2 amide bonds. The molecule has 7 heteroatoms. The number of aromatic nitrogens is 1. The van der Waals surface area contributed by atoms with Crippen LogP contribution in [0.15, 0.2) is 29.2 Å². The molecule has 0 atom stereocenters. The van der Waals surface area contributed by atoms with E-state index in [1.54, 1.807) is 6.08 Å². The number of rotatable bonds is 3. The number of hydrogen-bond donors (Lipinski definition) is 0. The number of halogens is 2. The fourth-order valence-electron chi connectivity index (χ4n) is 2.65. The summed E-state index contributed by atoms with van der Waals surface area (Å²) in [5.41, 5.74) is 3.08. The third kappa shape index (κ3) is 3.24. The molecule has 1 aliphatic rings. The summed E-state index contributed by atoms with van der Waals surface area (Å²) in [5, 5.41) is -0.238. The highest BCUT2D eigenvalue weighted by atomic mass is 35.5. The van der Waals surface area contributed by atoms with Gasteiger partial charge in [0.2, 0.25) is 0 Å². The molecule has 0 bridgehead atoms. The van der Waals surface area contributed by atoms with E-state index < -0.39 is 17.0 Å². The predicted molar refractivity (Wildman–Crippen MR) is 97.8 cm³/mol. The largest absolute Gasteiger partial charge is 0.352 e. The molecule has 3 rings (SSSR count). The molecule has 1 aromatic heterocycles. The molecule has 0 spiro atoms. The molecule has 0 unspecified atom stereocenters. The third-order valence-corrected chi connectivity index (χ3v) is 5.61. The number of hydrogen-bond acceptors (Lipinski definition) is 3. The van der Waals surface area contributed by atoms with Crippen LogP contribution in [0.25, 0.3) is 6.08 Å². The Bertz CT molecular complexity index is 900. The highest BCUT2D eigenvalue weighted by Crippen LogP contribution is 2.35. The molecule has 0 N–H and O–H groups in total. The molecular weight excluding hydrogens is 363 g/mol. The van der Waals surface area contributed by atoms with Gasteiger partial charge < -0.3 is 4.57 Å². The summed E-state index contributed by atoms with van der Waals surface area (Å²) in [7, 11) is 1.94. The predicted octanol–water partition coefficient (Wildman–Crippen LogP) is 4.67. The summed E-state index contributed by atoms with van der Waals surface area (Å²) < 4.78 is 16.0. The Balaban J connectivity index is 1.90. The van der Waals surface area contributed by atoms with E-state index in [0.29, 0.717) is 4.91 Å². The second-order valence-corrected chi connectivity index (χ2v) is 7.25. The van der Waals surface area contributed by atoms with Gasteiger partial charge in [0.1, 0.15) is 5.82 Å². The van der Waals surface area contributed by atoms with Crippen molar-refractivity contribution in [3.05, 3.63) is 62.5 Å². The monoisotopic (exact) mass is 378 g/mol. The zero-order valence-electron chi connectivity index (χ0n) is 14.0. The average Bonchev–Trinajstić information content (AvgIpc) is 2.95. The van der Waals surface area contributed by atoms with E-state index >= 15 is 0 Å². The van der Waals surface area contributed by atoms with E-state index in [1.165, 1.54) is 18.2 Å². The lowest BCUT2D eigenvalue weighted by molar-refractivity contribution is -0.123. The number of nitrogens with zero attached hydrogens (tertiary/aromatic N) is 2. The topological polar surface area (TPSA) is 42.3 Å². The number of imide groups is 1. The Morgan fingerprint density at radius 1 is 1.28 bits per heavy atom. The lowest BCUT2D eigenvalue weighted by atomic mass is 10.2.